The van der Waals surface area contributed by atoms with Crippen LogP contribution >= 0.6 is 22.6 Å². The normalized spacial score (nSPS) is 8.89. The average molecular weight is 232 g/mol. The number of nitriles is 1. The van der Waals surface area contributed by atoms with Crippen LogP contribution in [0.25, 0.3) is 0 Å². The van der Waals surface area contributed by atoms with E-state index < -0.39 is 0 Å². The van der Waals surface area contributed by atoms with Gasteiger partial charge in [-0.1, -0.05) is 22.6 Å². The first-order valence-electron chi connectivity index (χ1n) is 2.50. The summed E-state index contributed by atoms with van der Waals surface area (Å²) in [6.45, 7) is 0. The van der Waals surface area contributed by atoms with Gasteiger partial charge in [-0.05, 0) is 11.6 Å². The lowest BCUT2D eigenvalue weighted by molar-refractivity contribution is 1.32. The van der Waals surface area contributed by atoms with Gasteiger partial charge in [0.25, 0.3) is 0 Å². The summed E-state index contributed by atoms with van der Waals surface area (Å²) in [5, 5.41) is 8.36. The molecule has 3 heteroatoms. The first kappa shape index (κ1) is 6.62. The van der Waals surface area contributed by atoms with Crippen molar-refractivity contribution in [2.24, 2.45) is 0 Å². The minimum Gasteiger partial charge on any atom is -0.353 e. The van der Waals surface area contributed by atoms with Gasteiger partial charge < -0.3 is 4.98 Å². The molecule has 0 radical (unpaired) electrons. The van der Waals surface area contributed by atoms with Crippen molar-refractivity contribution in [2.75, 3.05) is 0 Å². The molecule has 0 aromatic carbocycles. The predicted molar refractivity (Wildman–Crippen MR) is 43.2 cm³/mol. The molecule has 1 aromatic heterocycles. The molecule has 1 heterocycles. The lowest BCUT2D eigenvalue weighted by Crippen LogP contribution is -1.65. The van der Waals surface area contributed by atoms with Crippen LogP contribution in [0.15, 0.2) is 12.3 Å². The number of hydrogen-bond acceptors (Lipinski definition) is 1. The van der Waals surface area contributed by atoms with Crippen molar-refractivity contribution in [3.8, 4) is 6.07 Å². The van der Waals surface area contributed by atoms with E-state index in [0.29, 0.717) is 5.69 Å². The van der Waals surface area contributed by atoms with Gasteiger partial charge in [0.1, 0.15) is 11.8 Å². The molecule has 1 aromatic rings. The van der Waals surface area contributed by atoms with Crippen molar-refractivity contribution in [1.29, 1.82) is 5.26 Å². The monoisotopic (exact) mass is 232 g/mol. The summed E-state index contributed by atoms with van der Waals surface area (Å²) in [5.74, 6) is 0. The Morgan fingerprint density at radius 3 is 2.89 bits per heavy atom. The number of aromatic amines is 1. The third-order valence-corrected chi connectivity index (χ3v) is 1.90. The molecule has 0 amide bonds. The molecule has 0 unspecified atom stereocenters. The number of alkyl halides is 1. The molecule has 0 saturated heterocycles. The molecule has 0 atom stereocenters. The van der Waals surface area contributed by atoms with E-state index in [1.165, 1.54) is 5.56 Å². The first-order chi connectivity index (χ1) is 4.36. The molecule has 0 saturated carbocycles. The predicted octanol–water partition coefficient (Wildman–Crippen LogP) is 1.82. The molecular formula is C6H5IN2. The summed E-state index contributed by atoms with van der Waals surface area (Å²) < 4.78 is 0.954. The molecule has 0 aliphatic heterocycles. The Bertz CT molecular complexity index is 233. The van der Waals surface area contributed by atoms with Crippen LogP contribution < -0.4 is 0 Å². The minimum absolute atomic E-state index is 0.640. The maximum atomic E-state index is 8.36. The molecule has 0 fully saturated rings. The Hall–Kier alpha value is -0.500. The number of H-pyrrole nitrogens is 1. The van der Waals surface area contributed by atoms with Crippen LogP contribution in [0.3, 0.4) is 0 Å². The van der Waals surface area contributed by atoms with Gasteiger partial charge >= 0.3 is 0 Å². The molecule has 9 heavy (non-hydrogen) atoms. The van der Waals surface area contributed by atoms with Crippen molar-refractivity contribution in [2.45, 2.75) is 4.43 Å². The van der Waals surface area contributed by atoms with Crippen molar-refractivity contribution in [1.82, 2.24) is 4.98 Å². The number of hydrogen-bond donors (Lipinski definition) is 1. The lowest BCUT2D eigenvalue weighted by atomic mass is 10.3. The molecule has 0 aliphatic carbocycles. The standard InChI is InChI=1S/C6H5IN2/c7-2-5-1-6(3-8)9-4-5/h1,4,9H,2H2. The zero-order chi connectivity index (χ0) is 6.69. The van der Waals surface area contributed by atoms with Crippen molar-refractivity contribution in [3.05, 3.63) is 23.5 Å². The maximum absolute atomic E-state index is 8.36. The molecule has 46 valence electrons. The van der Waals surface area contributed by atoms with Gasteiger partial charge in [-0.2, -0.15) is 5.26 Å². The molecule has 0 bridgehead atoms. The summed E-state index contributed by atoms with van der Waals surface area (Å²) in [5.41, 5.74) is 1.81. The Morgan fingerprint density at radius 2 is 2.56 bits per heavy atom. The maximum Gasteiger partial charge on any atom is 0.117 e. The van der Waals surface area contributed by atoms with E-state index in [0.717, 1.165) is 4.43 Å². The summed E-state index contributed by atoms with van der Waals surface area (Å²) in [7, 11) is 0. The Labute approximate surface area is 67.0 Å². The molecule has 2 nitrogen and oxygen atoms in total. The van der Waals surface area contributed by atoms with Crippen LogP contribution in [0.5, 0.6) is 0 Å². The third kappa shape index (κ3) is 1.45. The fourth-order valence-electron chi connectivity index (χ4n) is 0.581. The molecule has 1 N–H and O–H groups in total. The fourth-order valence-corrected chi connectivity index (χ4v) is 1.02. The van der Waals surface area contributed by atoms with Gasteiger partial charge in [0.2, 0.25) is 0 Å². The van der Waals surface area contributed by atoms with Crippen LogP contribution in [-0.4, -0.2) is 4.98 Å². The SMILES string of the molecule is N#Cc1cc(CI)c[nH]1. The number of aromatic nitrogens is 1. The van der Waals surface area contributed by atoms with E-state index in [4.69, 9.17) is 5.26 Å². The van der Waals surface area contributed by atoms with Gasteiger partial charge in [-0.15, -0.1) is 0 Å². The highest BCUT2D eigenvalue weighted by Crippen LogP contribution is 2.06. The lowest BCUT2D eigenvalue weighted by Gasteiger charge is -1.77. The summed E-state index contributed by atoms with van der Waals surface area (Å²) in [6, 6.07) is 3.88. The van der Waals surface area contributed by atoms with Crippen molar-refractivity contribution in [3.63, 3.8) is 0 Å². The van der Waals surface area contributed by atoms with Crippen molar-refractivity contribution < 1.29 is 0 Å². The van der Waals surface area contributed by atoms with Crippen LogP contribution in [0.2, 0.25) is 0 Å². The number of nitrogens with zero attached hydrogens (tertiary/aromatic N) is 1. The average Bonchev–Trinajstić information content (AvgIpc) is 2.34. The fraction of sp³-hybridized carbons (Fsp3) is 0.167. The van der Waals surface area contributed by atoms with Crippen molar-refractivity contribution >= 4 is 22.6 Å². The van der Waals surface area contributed by atoms with Gasteiger partial charge in [0, 0.05) is 10.6 Å². The molecule has 0 aliphatic rings. The second-order valence-corrected chi connectivity index (χ2v) is 2.43. The highest BCUT2D eigenvalue weighted by Gasteiger charge is 1.93. The van der Waals surface area contributed by atoms with Gasteiger partial charge in [0.05, 0.1) is 0 Å². The van der Waals surface area contributed by atoms with Crippen LogP contribution in [0, 0.1) is 11.3 Å². The third-order valence-electron chi connectivity index (χ3n) is 1.02. The summed E-state index contributed by atoms with van der Waals surface area (Å²) in [6.07, 6.45) is 1.85. The van der Waals surface area contributed by atoms with E-state index in [9.17, 15) is 0 Å². The van der Waals surface area contributed by atoms with Gasteiger partial charge in [0.15, 0.2) is 0 Å². The number of halogens is 1. The van der Waals surface area contributed by atoms with Crippen LogP contribution in [0.1, 0.15) is 11.3 Å². The summed E-state index contributed by atoms with van der Waals surface area (Å²) in [4.78, 5) is 2.84. The topological polar surface area (TPSA) is 39.6 Å². The second kappa shape index (κ2) is 2.87. The first-order valence-corrected chi connectivity index (χ1v) is 4.02. The number of rotatable bonds is 1. The second-order valence-electron chi connectivity index (χ2n) is 1.67. The smallest absolute Gasteiger partial charge is 0.117 e. The van der Waals surface area contributed by atoms with E-state index >= 15 is 0 Å². The minimum atomic E-state index is 0.640. The largest absolute Gasteiger partial charge is 0.353 e. The van der Waals surface area contributed by atoms with E-state index in [-0.39, 0.29) is 0 Å². The van der Waals surface area contributed by atoms with Crippen LogP contribution in [0.4, 0.5) is 0 Å². The van der Waals surface area contributed by atoms with E-state index in [1.807, 2.05) is 18.3 Å². The molecule has 0 spiro atoms. The van der Waals surface area contributed by atoms with Gasteiger partial charge in [-0.25, -0.2) is 0 Å². The van der Waals surface area contributed by atoms with E-state index in [2.05, 4.69) is 27.6 Å². The Kier molecular flexibility index (Phi) is 2.11. The number of nitrogens with one attached hydrogen (secondary N) is 1. The molecular weight excluding hydrogens is 227 g/mol. The Morgan fingerprint density at radius 1 is 1.78 bits per heavy atom. The summed E-state index contributed by atoms with van der Waals surface area (Å²) >= 11 is 2.25. The van der Waals surface area contributed by atoms with E-state index in [1.54, 1.807) is 0 Å². The molecule has 1 rings (SSSR count). The van der Waals surface area contributed by atoms with Crippen LogP contribution in [-0.2, 0) is 4.43 Å². The highest BCUT2D eigenvalue weighted by molar-refractivity contribution is 14.1. The van der Waals surface area contributed by atoms with Gasteiger partial charge in [-0.3, -0.25) is 0 Å². The highest BCUT2D eigenvalue weighted by atomic mass is 127. The zero-order valence-electron chi connectivity index (χ0n) is 4.69. The Balaban J connectivity index is 2.90. The zero-order valence-corrected chi connectivity index (χ0v) is 6.84. The quantitative estimate of drug-likeness (QED) is 0.582.